The highest BCUT2D eigenvalue weighted by molar-refractivity contribution is 5.77. The van der Waals surface area contributed by atoms with Gasteiger partial charge in [0, 0.05) is 25.0 Å². The van der Waals surface area contributed by atoms with Gasteiger partial charge in [0.15, 0.2) is 0 Å². The van der Waals surface area contributed by atoms with E-state index in [2.05, 4.69) is 25.7 Å². The first kappa shape index (κ1) is 14.4. The van der Waals surface area contributed by atoms with Gasteiger partial charge in [-0.2, -0.15) is 0 Å². The average Bonchev–Trinajstić information content (AvgIpc) is 2.79. The summed E-state index contributed by atoms with van der Waals surface area (Å²) in [7, 11) is 0. The summed E-state index contributed by atoms with van der Waals surface area (Å²) in [6.07, 6.45) is 7.77. The standard InChI is InChI=1S/C17H30N2O/c1-16(2)8-13-9-17(3,10-16)11-19(13)15(20)7-12-5-4-6-14(12)18/h12-14H,4-11,18H2,1-3H3/t12-,13?,14+,17?/m0/s1. The second-order valence-corrected chi connectivity index (χ2v) is 8.79. The van der Waals surface area contributed by atoms with Crippen molar-refractivity contribution >= 4 is 5.91 Å². The lowest BCUT2D eigenvalue weighted by atomic mass is 9.65. The van der Waals surface area contributed by atoms with Crippen LogP contribution in [0.2, 0.25) is 0 Å². The summed E-state index contributed by atoms with van der Waals surface area (Å²) >= 11 is 0. The summed E-state index contributed by atoms with van der Waals surface area (Å²) in [6.45, 7) is 8.06. The van der Waals surface area contributed by atoms with Crippen molar-refractivity contribution in [2.24, 2.45) is 22.5 Å². The Morgan fingerprint density at radius 3 is 2.65 bits per heavy atom. The van der Waals surface area contributed by atoms with Crippen molar-refractivity contribution in [1.82, 2.24) is 4.90 Å². The van der Waals surface area contributed by atoms with Gasteiger partial charge in [-0.3, -0.25) is 4.79 Å². The van der Waals surface area contributed by atoms with Gasteiger partial charge in [-0.25, -0.2) is 0 Å². The Hall–Kier alpha value is -0.570. The highest BCUT2D eigenvalue weighted by Crippen LogP contribution is 2.52. The lowest BCUT2D eigenvalue weighted by Crippen LogP contribution is -2.39. The molecular formula is C17H30N2O. The molecule has 3 fully saturated rings. The molecule has 20 heavy (non-hydrogen) atoms. The van der Waals surface area contributed by atoms with E-state index in [1.165, 1.54) is 25.7 Å². The van der Waals surface area contributed by atoms with Crippen LogP contribution in [0, 0.1) is 16.7 Å². The fourth-order valence-electron chi connectivity index (χ4n) is 5.41. The van der Waals surface area contributed by atoms with Crippen LogP contribution in [0.3, 0.4) is 0 Å². The Kier molecular flexibility index (Phi) is 3.39. The van der Waals surface area contributed by atoms with E-state index < -0.39 is 0 Å². The molecule has 1 heterocycles. The SMILES string of the molecule is CC1(C)CC2CC(C)(CN2C(=O)C[C@@H]2CCC[C@H]2N)C1. The number of hydrogen-bond donors (Lipinski definition) is 1. The van der Waals surface area contributed by atoms with Crippen LogP contribution >= 0.6 is 0 Å². The number of likely N-dealkylation sites (tertiary alicyclic amines) is 1. The van der Waals surface area contributed by atoms with E-state index in [0.717, 1.165) is 19.4 Å². The molecule has 2 N–H and O–H groups in total. The molecule has 2 saturated carbocycles. The Morgan fingerprint density at radius 1 is 1.25 bits per heavy atom. The van der Waals surface area contributed by atoms with Gasteiger partial charge in [-0.15, -0.1) is 0 Å². The molecule has 0 aromatic rings. The predicted octanol–water partition coefficient (Wildman–Crippen LogP) is 2.93. The molecule has 3 nitrogen and oxygen atoms in total. The van der Waals surface area contributed by atoms with Gasteiger partial charge in [0.05, 0.1) is 0 Å². The van der Waals surface area contributed by atoms with Gasteiger partial charge in [-0.1, -0.05) is 27.2 Å². The molecule has 1 aliphatic heterocycles. The number of carbonyl (C=O) groups excluding carboxylic acids is 1. The zero-order valence-corrected chi connectivity index (χ0v) is 13.3. The molecule has 0 spiro atoms. The molecule has 0 aromatic carbocycles. The van der Waals surface area contributed by atoms with E-state index in [4.69, 9.17) is 5.73 Å². The van der Waals surface area contributed by atoms with E-state index in [9.17, 15) is 4.79 Å². The minimum Gasteiger partial charge on any atom is -0.339 e. The quantitative estimate of drug-likeness (QED) is 0.844. The Labute approximate surface area is 123 Å². The fraction of sp³-hybridized carbons (Fsp3) is 0.941. The van der Waals surface area contributed by atoms with E-state index in [1.807, 2.05) is 0 Å². The van der Waals surface area contributed by atoms with Gasteiger partial charge in [0.2, 0.25) is 5.91 Å². The number of nitrogens with two attached hydrogens (primary N) is 1. The average molecular weight is 278 g/mol. The smallest absolute Gasteiger partial charge is 0.223 e. The van der Waals surface area contributed by atoms with Crippen LogP contribution in [-0.4, -0.2) is 29.4 Å². The van der Waals surface area contributed by atoms with Crippen molar-refractivity contribution in [1.29, 1.82) is 0 Å². The molecule has 2 unspecified atom stereocenters. The van der Waals surface area contributed by atoms with Gasteiger partial charge in [-0.05, 0) is 48.9 Å². The normalized spacial score (nSPS) is 43.0. The second-order valence-electron chi connectivity index (χ2n) is 8.79. The lowest BCUT2D eigenvalue weighted by Gasteiger charge is -2.39. The van der Waals surface area contributed by atoms with Crippen LogP contribution in [0.4, 0.5) is 0 Å². The van der Waals surface area contributed by atoms with E-state index >= 15 is 0 Å². The molecule has 1 saturated heterocycles. The lowest BCUT2D eigenvalue weighted by molar-refractivity contribution is -0.133. The number of hydrogen-bond acceptors (Lipinski definition) is 2. The second kappa shape index (κ2) is 4.72. The summed E-state index contributed by atoms with van der Waals surface area (Å²) in [4.78, 5) is 14.9. The van der Waals surface area contributed by atoms with Crippen molar-refractivity contribution in [3.05, 3.63) is 0 Å². The maximum Gasteiger partial charge on any atom is 0.223 e. The van der Waals surface area contributed by atoms with Crippen LogP contribution in [0.5, 0.6) is 0 Å². The largest absolute Gasteiger partial charge is 0.339 e. The Bertz CT molecular complexity index is 406. The molecule has 2 bridgehead atoms. The third-order valence-electron chi connectivity index (χ3n) is 5.89. The number of amides is 1. The third kappa shape index (κ3) is 2.61. The summed E-state index contributed by atoms with van der Waals surface area (Å²) in [6, 6.07) is 0.738. The zero-order valence-electron chi connectivity index (χ0n) is 13.3. The predicted molar refractivity (Wildman–Crippen MR) is 81.2 cm³/mol. The molecule has 3 aliphatic rings. The first-order valence-electron chi connectivity index (χ1n) is 8.33. The van der Waals surface area contributed by atoms with Crippen LogP contribution in [0.25, 0.3) is 0 Å². The van der Waals surface area contributed by atoms with Crippen molar-refractivity contribution in [3.8, 4) is 0 Å². The molecular weight excluding hydrogens is 248 g/mol. The van der Waals surface area contributed by atoms with Crippen molar-refractivity contribution in [3.63, 3.8) is 0 Å². The molecule has 114 valence electrons. The van der Waals surface area contributed by atoms with E-state index in [0.29, 0.717) is 35.1 Å². The van der Waals surface area contributed by atoms with E-state index in [1.54, 1.807) is 0 Å². The molecule has 1 amide bonds. The first-order chi connectivity index (χ1) is 9.28. The molecule has 0 aromatic heterocycles. The minimum atomic E-state index is 0.257. The molecule has 2 aliphatic carbocycles. The van der Waals surface area contributed by atoms with Gasteiger partial charge < -0.3 is 10.6 Å². The van der Waals surface area contributed by atoms with E-state index in [-0.39, 0.29) is 6.04 Å². The highest BCUT2D eigenvalue weighted by atomic mass is 16.2. The number of fused-ring (bicyclic) bond motifs is 2. The van der Waals surface area contributed by atoms with Crippen LogP contribution in [0.1, 0.15) is 65.7 Å². The van der Waals surface area contributed by atoms with Crippen LogP contribution in [-0.2, 0) is 4.79 Å². The van der Waals surface area contributed by atoms with Crippen LogP contribution in [0.15, 0.2) is 0 Å². The topological polar surface area (TPSA) is 46.3 Å². The first-order valence-corrected chi connectivity index (χ1v) is 8.33. The highest BCUT2D eigenvalue weighted by Gasteiger charge is 2.51. The maximum atomic E-state index is 12.7. The number of nitrogens with zero attached hydrogens (tertiary/aromatic N) is 1. The number of rotatable bonds is 2. The fourth-order valence-corrected chi connectivity index (χ4v) is 5.41. The molecule has 4 atom stereocenters. The summed E-state index contributed by atoms with van der Waals surface area (Å²) in [5, 5.41) is 0. The summed E-state index contributed by atoms with van der Waals surface area (Å²) in [5.41, 5.74) is 6.86. The summed E-state index contributed by atoms with van der Waals surface area (Å²) in [5.74, 6) is 0.808. The van der Waals surface area contributed by atoms with Gasteiger partial charge >= 0.3 is 0 Å². The monoisotopic (exact) mass is 278 g/mol. The van der Waals surface area contributed by atoms with Crippen molar-refractivity contribution < 1.29 is 4.79 Å². The van der Waals surface area contributed by atoms with Gasteiger partial charge in [0.1, 0.15) is 0 Å². The van der Waals surface area contributed by atoms with Crippen LogP contribution < -0.4 is 5.73 Å². The molecule has 3 heteroatoms. The maximum absolute atomic E-state index is 12.7. The zero-order chi connectivity index (χ0) is 14.5. The number of carbonyl (C=O) groups is 1. The minimum absolute atomic E-state index is 0.257. The van der Waals surface area contributed by atoms with Crippen molar-refractivity contribution in [2.45, 2.75) is 77.8 Å². The Balaban J connectivity index is 1.67. The molecule has 3 rings (SSSR count). The molecule has 0 radical (unpaired) electrons. The third-order valence-corrected chi connectivity index (χ3v) is 5.89. The Morgan fingerprint density at radius 2 is 2.00 bits per heavy atom. The van der Waals surface area contributed by atoms with Gasteiger partial charge in [0.25, 0.3) is 0 Å². The summed E-state index contributed by atoms with van der Waals surface area (Å²) < 4.78 is 0. The van der Waals surface area contributed by atoms with Crippen molar-refractivity contribution in [2.75, 3.05) is 6.54 Å².